The molecule has 78 valence electrons. The van der Waals surface area contributed by atoms with Gasteiger partial charge < -0.3 is 10.6 Å². The molecule has 14 heavy (non-hydrogen) atoms. The van der Waals surface area contributed by atoms with Gasteiger partial charge >= 0.3 is 0 Å². The first-order valence-electron chi connectivity index (χ1n) is 4.63. The molecular weight excluding hydrogens is 182 g/mol. The van der Waals surface area contributed by atoms with Crippen LogP contribution < -0.4 is 16.0 Å². The van der Waals surface area contributed by atoms with E-state index in [-0.39, 0.29) is 18.0 Å². The molecule has 0 radical (unpaired) electrons. The van der Waals surface area contributed by atoms with E-state index in [4.69, 9.17) is 0 Å². The number of amides is 2. The molecule has 0 aliphatic carbocycles. The Hall–Kier alpha value is -1.36. The van der Waals surface area contributed by atoms with Crippen LogP contribution in [-0.4, -0.2) is 31.1 Å². The summed E-state index contributed by atoms with van der Waals surface area (Å²) in [6, 6.07) is 0. The van der Waals surface area contributed by atoms with E-state index in [1.54, 1.807) is 13.0 Å². The minimum Gasteiger partial charge on any atom is -0.353 e. The molecule has 3 N–H and O–H groups in total. The second-order valence-electron chi connectivity index (χ2n) is 3.14. The monoisotopic (exact) mass is 197 g/mol. The number of carbonyl (C=O) groups excluding carboxylic acids is 2. The molecule has 1 aliphatic heterocycles. The molecule has 1 unspecified atom stereocenters. The van der Waals surface area contributed by atoms with Crippen molar-refractivity contribution in [2.75, 3.05) is 13.1 Å². The molecule has 1 aliphatic rings. The van der Waals surface area contributed by atoms with E-state index >= 15 is 0 Å². The smallest absolute Gasteiger partial charge is 0.246 e. The highest BCUT2D eigenvalue weighted by molar-refractivity contribution is 5.93. The summed E-state index contributed by atoms with van der Waals surface area (Å²) in [6.07, 6.45) is 1.49. The topological polar surface area (TPSA) is 70.2 Å². The molecule has 5 heteroatoms. The van der Waals surface area contributed by atoms with Crippen molar-refractivity contribution in [3.05, 3.63) is 11.6 Å². The lowest BCUT2D eigenvalue weighted by atomic mass is 10.2. The third-order valence-electron chi connectivity index (χ3n) is 1.91. The lowest BCUT2D eigenvalue weighted by molar-refractivity contribution is -0.119. The average molecular weight is 197 g/mol. The van der Waals surface area contributed by atoms with Crippen LogP contribution in [0.5, 0.6) is 0 Å². The van der Waals surface area contributed by atoms with Crippen LogP contribution in [0.4, 0.5) is 0 Å². The SMILES string of the molecule is CCNC(=O)C(C)=CC1NCC(=O)N1. The van der Waals surface area contributed by atoms with Gasteiger partial charge in [-0.3, -0.25) is 14.9 Å². The highest BCUT2D eigenvalue weighted by Gasteiger charge is 2.18. The Labute approximate surface area is 82.9 Å². The summed E-state index contributed by atoms with van der Waals surface area (Å²) in [4.78, 5) is 22.1. The highest BCUT2D eigenvalue weighted by Crippen LogP contribution is 1.97. The molecule has 0 spiro atoms. The Bertz CT molecular complexity index is 273. The summed E-state index contributed by atoms with van der Waals surface area (Å²) in [6.45, 7) is 4.50. The minimum atomic E-state index is -0.217. The maximum Gasteiger partial charge on any atom is 0.246 e. The van der Waals surface area contributed by atoms with Gasteiger partial charge in [-0.1, -0.05) is 0 Å². The molecule has 0 aromatic carbocycles. The van der Waals surface area contributed by atoms with Gasteiger partial charge in [-0.25, -0.2) is 0 Å². The normalized spacial score (nSPS) is 22.0. The first kappa shape index (κ1) is 10.7. The lowest BCUT2D eigenvalue weighted by Crippen LogP contribution is -2.32. The summed E-state index contributed by atoms with van der Waals surface area (Å²) in [7, 11) is 0. The number of likely N-dealkylation sites (N-methyl/N-ethyl adjacent to an activating group) is 1. The summed E-state index contributed by atoms with van der Waals surface area (Å²) in [5.41, 5.74) is 0.603. The van der Waals surface area contributed by atoms with Crippen molar-refractivity contribution < 1.29 is 9.59 Å². The van der Waals surface area contributed by atoms with Gasteiger partial charge in [0.1, 0.15) is 0 Å². The second kappa shape index (κ2) is 4.76. The average Bonchev–Trinajstić information content (AvgIpc) is 2.51. The summed E-state index contributed by atoms with van der Waals surface area (Å²) < 4.78 is 0. The first-order valence-corrected chi connectivity index (χ1v) is 4.63. The molecule has 2 amide bonds. The Morgan fingerprint density at radius 3 is 2.93 bits per heavy atom. The number of hydrogen-bond donors (Lipinski definition) is 3. The predicted molar refractivity (Wildman–Crippen MR) is 52.4 cm³/mol. The molecule has 0 saturated carbocycles. The molecule has 0 aromatic rings. The van der Waals surface area contributed by atoms with E-state index < -0.39 is 0 Å². The van der Waals surface area contributed by atoms with Crippen molar-refractivity contribution in [2.45, 2.75) is 20.0 Å². The largest absolute Gasteiger partial charge is 0.353 e. The van der Waals surface area contributed by atoms with E-state index in [1.165, 1.54) is 0 Å². The number of rotatable bonds is 3. The van der Waals surface area contributed by atoms with Crippen LogP contribution in [0.15, 0.2) is 11.6 Å². The molecule has 1 rings (SSSR count). The Morgan fingerprint density at radius 2 is 2.43 bits per heavy atom. The molecule has 1 heterocycles. The molecule has 5 nitrogen and oxygen atoms in total. The van der Waals surface area contributed by atoms with Gasteiger partial charge in [0.2, 0.25) is 11.8 Å². The number of hydrogen-bond acceptors (Lipinski definition) is 3. The van der Waals surface area contributed by atoms with Crippen molar-refractivity contribution in [1.82, 2.24) is 16.0 Å². The molecular formula is C9H15N3O2. The zero-order valence-corrected chi connectivity index (χ0v) is 8.39. The fraction of sp³-hybridized carbons (Fsp3) is 0.556. The van der Waals surface area contributed by atoms with E-state index in [0.717, 1.165) is 0 Å². The molecule has 1 atom stereocenters. The van der Waals surface area contributed by atoms with E-state index in [9.17, 15) is 9.59 Å². The van der Waals surface area contributed by atoms with Gasteiger partial charge in [0, 0.05) is 12.1 Å². The molecule has 1 fully saturated rings. The van der Waals surface area contributed by atoms with Crippen LogP contribution in [0.25, 0.3) is 0 Å². The first-order chi connectivity index (χ1) is 6.63. The third kappa shape index (κ3) is 2.85. The van der Waals surface area contributed by atoms with Gasteiger partial charge in [0.15, 0.2) is 0 Å². The Kier molecular flexibility index (Phi) is 3.64. The van der Waals surface area contributed by atoms with Crippen LogP contribution in [-0.2, 0) is 9.59 Å². The van der Waals surface area contributed by atoms with Crippen LogP contribution in [0, 0.1) is 0 Å². The minimum absolute atomic E-state index is 0.0463. The fourth-order valence-electron chi connectivity index (χ4n) is 1.20. The van der Waals surface area contributed by atoms with Crippen molar-refractivity contribution in [1.29, 1.82) is 0 Å². The summed E-state index contributed by atoms with van der Waals surface area (Å²) in [5, 5.41) is 8.28. The summed E-state index contributed by atoms with van der Waals surface area (Å²) in [5.74, 6) is -0.148. The predicted octanol–water partition coefficient (Wildman–Crippen LogP) is -0.886. The van der Waals surface area contributed by atoms with Gasteiger partial charge in [-0.15, -0.1) is 0 Å². The summed E-state index contributed by atoms with van der Waals surface area (Å²) >= 11 is 0. The molecule has 1 saturated heterocycles. The van der Waals surface area contributed by atoms with Crippen LogP contribution in [0.2, 0.25) is 0 Å². The zero-order chi connectivity index (χ0) is 10.6. The number of nitrogens with one attached hydrogen (secondary N) is 3. The lowest BCUT2D eigenvalue weighted by Gasteiger charge is -2.07. The maximum atomic E-state index is 11.3. The van der Waals surface area contributed by atoms with Crippen molar-refractivity contribution in [3.63, 3.8) is 0 Å². The van der Waals surface area contributed by atoms with Crippen molar-refractivity contribution >= 4 is 11.8 Å². The van der Waals surface area contributed by atoms with Gasteiger partial charge in [0.05, 0.1) is 12.7 Å². The maximum absolute atomic E-state index is 11.3. The third-order valence-corrected chi connectivity index (χ3v) is 1.91. The van der Waals surface area contributed by atoms with Gasteiger partial charge in [-0.2, -0.15) is 0 Å². The Morgan fingerprint density at radius 1 is 1.71 bits per heavy atom. The fourth-order valence-corrected chi connectivity index (χ4v) is 1.20. The number of carbonyl (C=O) groups is 2. The second-order valence-corrected chi connectivity index (χ2v) is 3.14. The zero-order valence-electron chi connectivity index (χ0n) is 8.39. The highest BCUT2D eigenvalue weighted by atomic mass is 16.2. The van der Waals surface area contributed by atoms with E-state index in [1.807, 2.05) is 6.92 Å². The molecule has 0 bridgehead atoms. The van der Waals surface area contributed by atoms with Gasteiger partial charge in [0.25, 0.3) is 0 Å². The van der Waals surface area contributed by atoms with Crippen LogP contribution in [0.3, 0.4) is 0 Å². The standard InChI is InChI=1S/C9H15N3O2/c1-3-10-9(14)6(2)4-7-11-5-8(13)12-7/h4,7,11H,3,5H2,1-2H3,(H,10,14)(H,12,13). The van der Waals surface area contributed by atoms with Crippen LogP contribution in [0.1, 0.15) is 13.8 Å². The molecule has 0 aromatic heterocycles. The van der Waals surface area contributed by atoms with Crippen molar-refractivity contribution in [2.24, 2.45) is 0 Å². The van der Waals surface area contributed by atoms with E-state index in [2.05, 4.69) is 16.0 Å². The van der Waals surface area contributed by atoms with Gasteiger partial charge in [-0.05, 0) is 19.9 Å². The van der Waals surface area contributed by atoms with E-state index in [0.29, 0.717) is 18.7 Å². The quantitative estimate of drug-likeness (QED) is 0.514. The van der Waals surface area contributed by atoms with Crippen molar-refractivity contribution in [3.8, 4) is 0 Å². The Balaban J connectivity index is 2.50. The van der Waals surface area contributed by atoms with Crippen LogP contribution >= 0.6 is 0 Å².